The van der Waals surface area contributed by atoms with Crippen LogP contribution >= 0.6 is 11.6 Å². The topological polar surface area (TPSA) is 35.8 Å². The van der Waals surface area contributed by atoms with Crippen molar-refractivity contribution in [2.24, 2.45) is 0 Å². The van der Waals surface area contributed by atoms with Crippen LogP contribution in [-0.2, 0) is 5.41 Å². The molecule has 1 aromatic carbocycles. The Morgan fingerprint density at radius 1 is 1.41 bits per heavy atom. The van der Waals surface area contributed by atoms with Crippen molar-refractivity contribution in [3.8, 4) is 6.07 Å². The van der Waals surface area contributed by atoms with E-state index in [-0.39, 0.29) is 10.4 Å². The zero-order valence-corrected chi connectivity index (χ0v) is 10.2. The van der Waals surface area contributed by atoms with Gasteiger partial charge in [0.1, 0.15) is 5.82 Å². The minimum atomic E-state index is -0.406. The molecule has 0 spiro atoms. The van der Waals surface area contributed by atoms with Gasteiger partial charge in [-0.2, -0.15) is 5.26 Å². The monoisotopic (exact) mass is 252 g/mol. The van der Waals surface area contributed by atoms with E-state index in [9.17, 15) is 4.39 Å². The van der Waals surface area contributed by atoms with Crippen LogP contribution in [0, 0.1) is 17.1 Å². The average molecular weight is 253 g/mol. The van der Waals surface area contributed by atoms with Gasteiger partial charge in [0.05, 0.1) is 11.1 Å². The zero-order chi connectivity index (χ0) is 12.3. The Hall–Kier alpha value is -1.11. The van der Waals surface area contributed by atoms with Crippen LogP contribution in [0.4, 0.5) is 4.39 Å². The van der Waals surface area contributed by atoms with Crippen LogP contribution in [0.25, 0.3) is 0 Å². The third-order valence-corrected chi connectivity index (χ3v) is 3.80. The molecule has 1 heterocycles. The second-order valence-corrected chi connectivity index (χ2v) is 4.90. The number of nitrogens with zero attached hydrogens (tertiary/aromatic N) is 1. The second kappa shape index (κ2) is 5.03. The number of halogens is 2. The van der Waals surface area contributed by atoms with Gasteiger partial charge in [0.25, 0.3) is 0 Å². The molecule has 2 rings (SSSR count). The molecule has 0 aliphatic carbocycles. The van der Waals surface area contributed by atoms with E-state index in [0.29, 0.717) is 6.42 Å². The van der Waals surface area contributed by atoms with Crippen molar-refractivity contribution in [1.82, 2.24) is 5.32 Å². The molecule has 2 nitrogen and oxygen atoms in total. The summed E-state index contributed by atoms with van der Waals surface area (Å²) in [7, 11) is 0. The highest BCUT2D eigenvalue weighted by atomic mass is 35.5. The fourth-order valence-corrected chi connectivity index (χ4v) is 2.63. The molecule has 0 radical (unpaired) electrons. The third kappa shape index (κ3) is 2.43. The summed E-state index contributed by atoms with van der Waals surface area (Å²) in [6, 6.07) is 7.05. The van der Waals surface area contributed by atoms with Crippen molar-refractivity contribution < 1.29 is 4.39 Å². The number of piperidine rings is 1. The molecule has 0 bridgehead atoms. The van der Waals surface area contributed by atoms with Gasteiger partial charge in [0, 0.05) is 11.8 Å². The maximum absolute atomic E-state index is 13.2. The van der Waals surface area contributed by atoms with Crippen LogP contribution in [-0.4, -0.2) is 13.1 Å². The Labute approximate surface area is 105 Å². The lowest BCUT2D eigenvalue weighted by atomic mass is 9.71. The number of hydrogen-bond acceptors (Lipinski definition) is 2. The van der Waals surface area contributed by atoms with Crippen molar-refractivity contribution in [3.05, 3.63) is 34.6 Å². The fraction of sp³-hybridized carbons (Fsp3) is 0.462. The van der Waals surface area contributed by atoms with Gasteiger partial charge in [-0.1, -0.05) is 17.7 Å². The average Bonchev–Trinajstić information content (AvgIpc) is 2.34. The molecule has 1 fully saturated rings. The van der Waals surface area contributed by atoms with E-state index >= 15 is 0 Å². The van der Waals surface area contributed by atoms with E-state index in [1.165, 1.54) is 6.07 Å². The largest absolute Gasteiger partial charge is 0.317 e. The number of hydrogen-bond donors (Lipinski definition) is 1. The van der Waals surface area contributed by atoms with Crippen LogP contribution in [0.3, 0.4) is 0 Å². The standard InChI is InChI=1S/C13H14ClFN2/c14-11-9-10(1-2-12(11)15)13(3-6-16)4-7-17-8-5-13/h1-2,9,17H,3-5,7-8H2. The first-order valence-electron chi connectivity index (χ1n) is 5.71. The van der Waals surface area contributed by atoms with Gasteiger partial charge in [0.15, 0.2) is 0 Å². The molecule has 17 heavy (non-hydrogen) atoms. The second-order valence-electron chi connectivity index (χ2n) is 4.49. The Morgan fingerprint density at radius 2 is 2.12 bits per heavy atom. The van der Waals surface area contributed by atoms with E-state index in [0.717, 1.165) is 31.5 Å². The van der Waals surface area contributed by atoms with Crippen LogP contribution in [0.5, 0.6) is 0 Å². The minimum absolute atomic E-state index is 0.137. The highest BCUT2D eigenvalue weighted by molar-refractivity contribution is 6.30. The predicted molar refractivity (Wildman–Crippen MR) is 65.4 cm³/mol. The Kier molecular flexibility index (Phi) is 3.66. The molecule has 0 amide bonds. The zero-order valence-electron chi connectivity index (χ0n) is 9.47. The first-order chi connectivity index (χ1) is 8.18. The molecule has 1 aliphatic rings. The third-order valence-electron chi connectivity index (χ3n) is 3.51. The summed E-state index contributed by atoms with van der Waals surface area (Å²) in [5.41, 5.74) is 0.809. The van der Waals surface area contributed by atoms with E-state index in [1.807, 2.05) is 0 Å². The fourth-order valence-electron chi connectivity index (χ4n) is 2.45. The van der Waals surface area contributed by atoms with E-state index in [4.69, 9.17) is 16.9 Å². The molecule has 0 atom stereocenters. The quantitative estimate of drug-likeness (QED) is 0.878. The van der Waals surface area contributed by atoms with Gasteiger partial charge in [-0.05, 0) is 43.6 Å². The van der Waals surface area contributed by atoms with Gasteiger partial charge in [0.2, 0.25) is 0 Å². The van der Waals surface area contributed by atoms with E-state index in [1.54, 1.807) is 12.1 Å². The lowest BCUT2D eigenvalue weighted by Crippen LogP contribution is -2.39. The van der Waals surface area contributed by atoms with Crippen LogP contribution in [0.1, 0.15) is 24.8 Å². The van der Waals surface area contributed by atoms with Gasteiger partial charge in [-0.15, -0.1) is 0 Å². The van der Waals surface area contributed by atoms with E-state index in [2.05, 4.69) is 11.4 Å². The molecule has 0 aromatic heterocycles. The number of rotatable bonds is 2. The predicted octanol–water partition coefficient (Wildman–Crippen LogP) is 3.01. The molecule has 90 valence electrons. The summed E-state index contributed by atoms with van der Waals surface area (Å²) in [6.45, 7) is 1.77. The summed E-state index contributed by atoms with van der Waals surface area (Å²) in [5, 5.41) is 12.4. The molecule has 1 aliphatic heterocycles. The van der Waals surface area contributed by atoms with Crippen LogP contribution < -0.4 is 5.32 Å². The van der Waals surface area contributed by atoms with Crippen molar-refractivity contribution in [2.75, 3.05) is 13.1 Å². The smallest absolute Gasteiger partial charge is 0.141 e. The molecule has 4 heteroatoms. The summed E-state index contributed by atoms with van der Waals surface area (Å²) >= 11 is 5.82. The summed E-state index contributed by atoms with van der Waals surface area (Å²) in [5.74, 6) is -0.406. The Bertz CT molecular complexity index is 447. The van der Waals surface area contributed by atoms with Crippen molar-refractivity contribution in [1.29, 1.82) is 5.26 Å². The number of nitriles is 1. The lowest BCUT2D eigenvalue weighted by molar-refractivity contribution is 0.312. The highest BCUT2D eigenvalue weighted by Gasteiger charge is 2.34. The molecular formula is C13H14ClFN2. The highest BCUT2D eigenvalue weighted by Crippen LogP contribution is 2.37. The first kappa shape index (κ1) is 12.3. The van der Waals surface area contributed by atoms with Crippen molar-refractivity contribution in [3.63, 3.8) is 0 Å². The Morgan fingerprint density at radius 3 is 2.71 bits per heavy atom. The minimum Gasteiger partial charge on any atom is -0.317 e. The maximum atomic E-state index is 13.2. The normalized spacial score (nSPS) is 18.6. The number of nitrogens with one attached hydrogen (secondary N) is 1. The van der Waals surface area contributed by atoms with Gasteiger partial charge in [-0.25, -0.2) is 4.39 Å². The Balaban J connectivity index is 2.38. The molecule has 0 unspecified atom stereocenters. The molecule has 0 saturated carbocycles. The molecule has 1 saturated heterocycles. The molecule has 1 N–H and O–H groups in total. The van der Waals surface area contributed by atoms with Gasteiger partial charge >= 0.3 is 0 Å². The van der Waals surface area contributed by atoms with Crippen molar-refractivity contribution >= 4 is 11.6 Å². The molecule has 1 aromatic rings. The van der Waals surface area contributed by atoms with Crippen LogP contribution in [0.2, 0.25) is 5.02 Å². The summed E-state index contributed by atoms with van der Waals surface area (Å²) in [4.78, 5) is 0. The SMILES string of the molecule is N#CCC1(c2ccc(F)c(Cl)c2)CCNCC1. The maximum Gasteiger partial charge on any atom is 0.141 e. The lowest BCUT2D eigenvalue weighted by Gasteiger charge is -2.36. The van der Waals surface area contributed by atoms with Gasteiger partial charge < -0.3 is 5.32 Å². The van der Waals surface area contributed by atoms with Gasteiger partial charge in [-0.3, -0.25) is 0 Å². The van der Waals surface area contributed by atoms with Crippen LogP contribution in [0.15, 0.2) is 18.2 Å². The number of benzene rings is 1. The molecular weight excluding hydrogens is 239 g/mol. The summed E-state index contributed by atoms with van der Waals surface area (Å²) in [6.07, 6.45) is 2.24. The summed E-state index contributed by atoms with van der Waals surface area (Å²) < 4.78 is 13.2. The van der Waals surface area contributed by atoms with E-state index < -0.39 is 5.82 Å². The van der Waals surface area contributed by atoms with Crippen molar-refractivity contribution in [2.45, 2.75) is 24.7 Å². The first-order valence-corrected chi connectivity index (χ1v) is 6.09.